The number of H-pyrrole nitrogens is 2. The standard InChI is InChI=1S/C34H27FN6O3S/c1-45(42,43)38-16-22-10-23(12-25(35)11-22)27-8-5-9-30-28(27)14-32(39-30)34-29-15-31(37-19-33(29)40-41-34)24-13-26(18-36-17-24)44-20-21-6-3-2-4-7-21/h2-15,17-19,38-39H,16,20H2,1H3,(H,40,41). The summed E-state index contributed by atoms with van der Waals surface area (Å²) >= 11 is 0. The number of nitrogens with one attached hydrogen (secondary N) is 3. The summed E-state index contributed by atoms with van der Waals surface area (Å²) in [4.78, 5) is 12.5. The summed E-state index contributed by atoms with van der Waals surface area (Å²) in [5.41, 5.74) is 7.64. The van der Waals surface area contributed by atoms with Crippen LogP contribution in [0.5, 0.6) is 5.75 Å². The number of nitrogens with zero attached hydrogens (tertiary/aromatic N) is 3. The summed E-state index contributed by atoms with van der Waals surface area (Å²) in [6.45, 7) is 0.423. The smallest absolute Gasteiger partial charge is 0.209 e. The monoisotopic (exact) mass is 618 g/mol. The number of benzene rings is 3. The molecular formula is C34H27FN6O3S. The van der Waals surface area contributed by atoms with Gasteiger partial charge in [0.15, 0.2) is 0 Å². The van der Waals surface area contributed by atoms with Crippen molar-refractivity contribution >= 4 is 31.8 Å². The molecule has 3 N–H and O–H groups in total. The molecule has 7 rings (SSSR count). The number of halogens is 1. The normalized spacial score (nSPS) is 11.8. The van der Waals surface area contributed by atoms with Crippen molar-refractivity contribution in [3.05, 3.63) is 120 Å². The van der Waals surface area contributed by atoms with Crippen molar-refractivity contribution in [1.82, 2.24) is 29.9 Å². The van der Waals surface area contributed by atoms with E-state index in [-0.39, 0.29) is 6.54 Å². The Bertz CT molecular complexity index is 2280. The first-order valence-corrected chi connectivity index (χ1v) is 16.0. The Morgan fingerprint density at radius 3 is 2.56 bits per heavy atom. The molecule has 0 aliphatic rings. The van der Waals surface area contributed by atoms with Crippen molar-refractivity contribution in [2.75, 3.05) is 6.26 Å². The predicted molar refractivity (Wildman–Crippen MR) is 172 cm³/mol. The minimum absolute atomic E-state index is 0.00877. The highest BCUT2D eigenvalue weighted by atomic mass is 32.2. The molecule has 0 unspecified atom stereocenters. The van der Waals surface area contributed by atoms with Gasteiger partial charge in [-0.25, -0.2) is 17.5 Å². The predicted octanol–water partition coefficient (Wildman–Crippen LogP) is 6.60. The first-order valence-electron chi connectivity index (χ1n) is 14.1. The van der Waals surface area contributed by atoms with Gasteiger partial charge in [-0.05, 0) is 64.7 Å². The van der Waals surface area contributed by atoms with Gasteiger partial charge in [0.05, 0.1) is 35.6 Å². The second-order valence-corrected chi connectivity index (χ2v) is 12.6. The topological polar surface area (TPSA) is 126 Å². The van der Waals surface area contributed by atoms with E-state index in [9.17, 15) is 12.8 Å². The third kappa shape index (κ3) is 6.17. The number of fused-ring (bicyclic) bond motifs is 2. The molecule has 4 aromatic heterocycles. The number of aromatic nitrogens is 5. The zero-order chi connectivity index (χ0) is 31.0. The molecule has 45 heavy (non-hydrogen) atoms. The van der Waals surface area contributed by atoms with Crippen molar-refractivity contribution in [3.8, 4) is 39.5 Å². The van der Waals surface area contributed by atoms with E-state index in [0.717, 1.165) is 56.1 Å². The van der Waals surface area contributed by atoms with E-state index in [0.29, 0.717) is 29.2 Å². The van der Waals surface area contributed by atoms with Crippen molar-refractivity contribution in [2.45, 2.75) is 13.2 Å². The molecule has 0 bridgehead atoms. The Morgan fingerprint density at radius 2 is 1.71 bits per heavy atom. The summed E-state index contributed by atoms with van der Waals surface area (Å²) in [6.07, 6.45) is 6.24. The average Bonchev–Trinajstić information content (AvgIpc) is 3.67. The van der Waals surface area contributed by atoms with Gasteiger partial charge in [-0.2, -0.15) is 5.10 Å². The lowest BCUT2D eigenvalue weighted by Crippen LogP contribution is -2.21. The van der Waals surface area contributed by atoms with E-state index in [1.54, 1.807) is 24.7 Å². The number of hydrogen-bond donors (Lipinski definition) is 3. The van der Waals surface area contributed by atoms with Gasteiger partial charge in [0.25, 0.3) is 0 Å². The molecule has 0 atom stereocenters. The van der Waals surface area contributed by atoms with Crippen LogP contribution in [-0.2, 0) is 23.2 Å². The molecule has 0 saturated heterocycles. The zero-order valence-corrected chi connectivity index (χ0v) is 24.9. The highest BCUT2D eigenvalue weighted by Gasteiger charge is 2.16. The molecule has 0 aliphatic carbocycles. The summed E-state index contributed by atoms with van der Waals surface area (Å²) in [7, 11) is -3.43. The van der Waals surface area contributed by atoms with Crippen molar-refractivity contribution in [3.63, 3.8) is 0 Å². The van der Waals surface area contributed by atoms with Crippen LogP contribution in [-0.4, -0.2) is 39.8 Å². The van der Waals surface area contributed by atoms with Crippen LogP contribution in [0, 0.1) is 5.82 Å². The molecule has 0 fully saturated rings. The molecule has 11 heteroatoms. The Labute approximate surface area is 258 Å². The number of pyridine rings is 2. The van der Waals surface area contributed by atoms with Crippen LogP contribution in [0.4, 0.5) is 4.39 Å². The second kappa shape index (κ2) is 11.6. The maximum Gasteiger partial charge on any atom is 0.209 e. The molecule has 0 radical (unpaired) electrons. The maximum atomic E-state index is 14.6. The molecule has 0 aliphatic heterocycles. The van der Waals surface area contributed by atoms with Gasteiger partial charge in [-0.15, -0.1) is 0 Å². The van der Waals surface area contributed by atoms with Crippen LogP contribution in [0.25, 0.3) is 55.6 Å². The fourth-order valence-electron chi connectivity index (χ4n) is 5.32. The molecule has 224 valence electrons. The minimum atomic E-state index is -3.43. The lowest BCUT2D eigenvalue weighted by molar-refractivity contribution is 0.305. The quantitative estimate of drug-likeness (QED) is 0.167. The Hall–Kier alpha value is -5.39. The van der Waals surface area contributed by atoms with Crippen LogP contribution < -0.4 is 9.46 Å². The van der Waals surface area contributed by atoms with Crippen LogP contribution in [0.1, 0.15) is 11.1 Å². The summed E-state index contributed by atoms with van der Waals surface area (Å²) < 4.78 is 46.2. The number of ether oxygens (including phenoxy) is 1. The van der Waals surface area contributed by atoms with Gasteiger partial charge in [0.1, 0.15) is 23.9 Å². The Balaban J connectivity index is 1.22. The van der Waals surface area contributed by atoms with Crippen LogP contribution >= 0.6 is 0 Å². The molecular weight excluding hydrogens is 591 g/mol. The third-order valence-corrected chi connectivity index (χ3v) is 8.10. The Kier molecular flexibility index (Phi) is 7.32. The molecule has 0 amide bonds. The van der Waals surface area contributed by atoms with Crippen molar-refractivity contribution < 1.29 is 17.5 Å². The molecule has 9 nitrogen and oxygen atoms in total. The Morgan fingerprint density at radius 1 is 0.844 bits per heavy atom. The lowest BCUT2D eigenvalue weighted by Gasteiger charge is -2.08. The largest absolute Gasteiger partial charge is 0.487 e. The van der Waals surface area contributed by atoms with Crippen molar-refractivity contribution in [2.24, 2.45) is 0 Å². The lowest BCUT2D eigenvalue weighted by atomic mass is 9.99. The maximum absolute atomic E-state index is 14.6. The molecule has 3 aromatic carbocycles. The van der Waals surface area contributed by atoms with Crippen LogP contribution in [0.15, 0.2) is 104 Å². The van der Waals surface area contributed by atoms with E-state index in [2.05, 4.69) is 29.9 Å². The van der Waals surface area contributed by atoms with Crippen LogP contribution in [0.3, 0.4) is 0 Å². The first kappa shape index (κ1) is 28.4. The number of hydrogen-bond acceptors (Lipinski definition) is 6. The summed E-state index contributed by atoms with van der Waals surface area (Å²) in [5, 5.41) is 9.40. The SMILES string of the molecule is CS(=O)(=O)NCc1cc(F)cc(-c2cccc3[nH]c(-c4n[nH]c5cnc(-c6cncc(OCc7ccccc7)c6)cc45)cc23)c1. The van der Waals surface area contributed by atoms with E-state index in [4.69, 9.17) is 4.74 Å². The fourth-order valence-corrected chi connectivity index (χ4v) is 5.74. The average molecular weight is 619 g/mol. The van der Waals surface area contributed by atoms with E-state index in [1.807, 2.05) is 66.7 Å². The molecule has 7 aromatic rings. The third-order valence-electron chi connectivity index (χ3n) is 7.43. The van der Waals surface area contributed by atoms with Gasteiger partial charge >= 0.3 is 0 Å². The van der Waals surface area contributed by atoms with E-state index in [1.165, 1.54) is 12.1 Å². The molecule has 0 saturated carbocycles. The summed E-state index contributed by atoms with van der Waals surface area (Å²) in [6, 6.07) is 26.1. The highest BCUT2D eigenvalue weighted by Crippen LogP contribution is 2.35. The van der Waals surface area contributed by atoms with Crippen molar-refractivity contribution in [1.29, 1.82) is 0 Å². The number of aromatic amines is 2. The number of sulfonamides is 1. The van der Waals surface area contributed by atoms with Gasteiger partial charge in [-0.1, -0.05) is 42.5 Å². The fraction of sp³-hybridized carbons (Fsp3) is 0.0882. The van der Waals surface area contributed by atoms with Gasteiger partial charge < -0.3 is 9.72 Å². The minimum Gasteiger partial charge on any atom is -0.487 e. The first-order chi connectivity index (χ1) is 21.8. The van der Waals surface area contributed by atoms with Crippen LogP contribution in [0.2, 0.25) is 0 Å². The highest BCUT2D eigenvalue weighted by molar-refractivity contribution is 7.88. The van der Waals surface area contributed by atoms with E-state index < -0.39 is 15.8 Å². The zero-order valence-electron chi connectivity index (χ0n) is 24.1. The van der Waals surface area contributed by atoms with E-state index >= 15 is 0 Å². The van der Waals surface area contributed by atoms with Gasteiger partial charge in [-0.3, -0.25) is 15.1 Å². The summed E-state index contributed by atoms with van der Waals surface area (Å²) in [5.74, 6) is 0.189. The van der Waals surface area contributed by atoms with Gasteiger partial charge in [0.2, 0.25) is 10.0 Å². The van der Waals surface area contributed by atoms with Gasteiger partial charge in [0, 0.05) is 34.6 Å². The number of rotatable bonds is 9. The second-order valence-electron chi connectivity index (χ2n) is 10.8. The molecule has 4 heterocycles. The molecule has 0 spiro atoms.